The molecule has 0 atom stereocenters. The second kappa shape index (κ2) is 15.7. The van der Waals surface area contributed by atoms with Crippen LogP contribution in [-0.4, -0.2) is 4.57 Å². The average Bonchev–Trinajstić information content (AvgIpc) is 3.85. The van der Waals surface area contributed by atoms with Crippen molar-refractivity contribution in [2.75, 3.05) is 5.32 Å². The smallest absolute Gasteiger partial charge is 0.0713 e. The van der Waals surface area contributed by atoms with E-state index in [4.69, 9.17) is 0 Å². The highest BCUT2D eigenvalue weighted by molar-refractivity contribution is 6.13. The second-order valence-corrected chi connectivity index (χ2v) is 17.0. The number of hydrogen-bond acceptors (Lipinski definition) is 1. The Balaban J connectivity index is 1.12. The minimum absolute atomic E-state index is 0.522. The van der Waals surface area contributed by atoms with Crippen LogP contribution in [0.2, 0.25) is 0 Å². The Hall–Kier alpha value is -8.46. The highest BCUT2D eigenvalue weighted by atomic mass is 15.0. The van der Waals surface area contributed by atoms with Crippen molar-refractivity contribution >= 4 is 60.2 Å². The highest BCUT2D eigenvalue weighted by Gasteiger charge is 2.46. The molecule has 2 nitrogen and oxygen atoms in total. The maximum Gasteiger partial charge on any atom is 0.0713 e. The van der Waals surface area contributed by atoms with E-state index in [0.29, 0.717) is 0 Å². The Morgan fingerprint density at radius 2 is 1.09 bits per heavy atom. The van der Waals surface area contributed by atoms with E-state index in [-0.39, 0.29) is 0 Å². The number of aromatic nitrogens is 1. The van der Waals surface area contributed by atoms with Gasteiger partial charge in [0.05, 0.1) is 16.4 Å². The molecular weight excluding hydrogens is 785 g/mol. The summed E-state index contributed by atoms with van der Waals surface area (Å²) in [4.78, 5) is 0. The molecule has 0 unspecified atom stereocenters. The molecule has 0 saturated heterocycles. The summed E-state index contributed by atoms with van der Waals surface area (Å²) in [5, 5.41) is 10.8. The van der Waals surface area contributed by atoms with Crippen LogP contribution in [0.3, 0.4) is 0 Å². The first-order valence-electron chi connectivity index (χ1n) is 22.4. The number of rotatable bonds is 9. The number of nitrogens with one attached hydrogen (secondary N) is 1. The van der Waals surface area contributed by atoms with E-state index in [9.17, 15) is 0 Å². The predicted molar refractivity (Wildman–Crippen MR) is 276 cm³/mol. The molecule has 0 bridgehead atoms. The third kappa shape index (κ3) is 6.33. The molecule has 0 spiro atoms. The number of hydrogen-bond donors (Lipinski definition) is 1. The van der Waals surface area contributed by atoms with Crippen molar-refractivity contribution in [3.05, 3.63) is 289 Å². The van der Waals surface area contributed by atoms with E-state index < -0.39 is 5.41 Å². The summed E-state index contributed by atoms with van der Waals surface area (Å²) < 4.78 is 2.47. The number of benzene rings is 10. The molecule has 1 aliphatic rings. The van der Waals surface area contributed by atoms with Crippen molar-refractivity contribution < 1.29 is 0 Å². The lowest BCUT2D eigenvalue weighted by atomic mass is 9.67. The van der Waals surface area contributed by atoms with Gasteiger partial charge in [0, 0.05) is 33.7 Å². The number of nitrogens with zero attached hydrogens (tertiary/aromatic N) is 1. The molecule has 1 aromatic heterocycles. The van der Waals surface area contributed by atoms with E-state index in [0.717, 1.165) is 39.2 Å². The lowest BCUT2D eigenvalue weighted by Crippen LogP contribution is -2.28. The van der Waals surface area contributed by atoms with Gasteiger partial charge in [0.15, 0.2) is 0 Å². The average molecular weight is 829 g/mol. The Kier molecular flexibility index (Phi) is 9.24. The summed E-state index contributed by atoms with van der Waals surface area (Å²) in [7, 11) is 0. The van der Waals surface area contributed by atoms with Gasteiger partial charge in [0.25, 0.3) is 0 Å². The minimum Gasteiger partial charge on any atom is -0.361 e. The molecule has 0 radical (unpaired) electrons. The summed E-state index contributed by atoms with van der Waals surface area (Å²) in [5.74, 6) is 0. The maximum absolute atomic E-state index is 4.58. The van der Waals surface area contributed by atoms with Crippen LogP contribution < -0.4 is 5.32 Å². The third-order valence-electron chi connectivity index (χ3n) is 13.4. The first kappa shape index (κ1) is 38.2. The summed E-state index contributed by atoms with van der Waals surface area (Å²) in [5.41, 5.74) is 15.8. The fraction of sp³-hybridized carbons (Fsp3) is 0.0159. The van der Waals surface area contributed by atoms with Crippen LogP contribution in [0.5, 0.6) is 0 Å². The predicted octanol–water partition coefficient (Wildman–Crippen LogP) is 16.2. The normalized spacial score (nSPS) is 13.1. The van der Waals surface area contributed by atoms with Crippen molar-refractivity contribution in [2.45, 2.75) is 5.41 Å². The first-order chi connectivity index (χ1) is 32.1. The SMILES string of the molecule is C=C(/C=C(\C=C/Nc1cccc2ccccc12)c1ccc2c(c1)c1cc3c(cc1n2-c1ccc2ccccc2c1)-c1ccccc1C3(c1ccccc1)c1ccccc1)c1ccccc1. The van der Waals surface area contributed by atoms with E-state index in [1.165, 1.54) is 71.2 Å². The molecule has 0 aliphatic heterocycles. The lowest BCUT2D eigenvalue weighted by Gasteiger charge is -2.34. The van der Waals surface area contributed by atoms with Gasteiger partial charge in [0.2, 0.25) is 0 Å². The van der Waals surface area contributed by atoms with Gasteiger partial charge in [-0.2, -0.15) is 0 Å². The van der Waals surface area contributed by atoms with Gasteiger partial charge in [-0.1, -0.05) is 195 Å². The van der Waals surface area contributed by atoms with Crippen LogP contribution in [0.1, 0.15) is 33.4 Å². The van der Waals surface area contributed by atoms with Crippen molar-refractivity contribution in [1.29, 1.82) is 0 Å². The Bertz CT molecular complexity index is 3640. The van der Waals surface area contributed by atoms with Crippen molar-refractivity contribution in [2.24, 2.45) is 0 Å². The molecule has 11 aromatic rings. The van der Waals surface area contributed by atoms with E-state index in [2.05, 4.69) is 259 Å². The largest absolute Gasteiger partial charge is 0.361 e. The van der Waals surface area contributed by atoms with Crippen LogP contribution in [0.4, 0.5) is 5.69 Å². The second-order valence-electron chi connectivity index (χ2n) is 17.0. The Labute approximate surface area is 379 Å². The molecule has 0 amide bonds. The fourth-order valence-corrected chi connectivity index (χ4v) is 10.5. The molecule has 1 N–H and O–H groups in total. The molecule has 2 heteroatoms. The van der Waals surface area contributed by atoms with E-state index >= 15 is 0 Å². The molecule has 12 rings (SSSR count). The minimum atomic E-state index is -0.522. The first-order valence-corrected chi connectivity index (χ1v) is 22.4. The van der Waals surface area contributed by atoms with Crippen molar-refractivity contribution in [1.82, 2.24) is 4.57 Å². The van der Waals surface area contributed by atoms with Crippen LogP contribution >= 0.6 is 0 Å². The molecule has 10 aromatic carbocycles. The molecule has 1 aliphatic carbocycles. The van der Waals surface area contributed by atoms with E-state index in [1.807, 2.05) is 6.07 Å². The molecule has 0 fully saturated rings. The summed E-state index contributed by atoms with van der Waals surface area (Å²) in [6.07, 6.45) is 6.46. The van der Waals surface area contributed by atoms with Gasteiger partial charge in [-0.15, -0.1) is 0 Å². The van der Waals surface area contributed by atoms with Crippen LogP contribution in [-0.2, 0) is 5.41 Å². The molecule has 0 saturated carbocycles. The number of anilines is 1. The zero-order valence-electron chi connectivity index (χ0n) is 35.8. The number of allylic oxidation sites excluding steroid dienone is 4. The van der Waals surface area contributed by atoms with Gasteiger partial charge < -0.3 is 9.88 Å². The highest BCUT2D eigenvalue weighted by Crippen LogP contribution is 2.57. The van der Waals surface area contributed by atoms with Gasteiger partial charge >= 0.3 is 0 Å². The summed E-state index contributed by atoms with van der Waals surface area (Å²) in [6, 6.07) is 83.9. The molecular formula is C63H44N2. The monoisotopic (exact) mass is 828 g/mol. The van der Waals surface area contributed by atoms with Crippen LogP contribution in [0.25, 0.3) is 71.3 Å². The van der Waals surface area contributed by atoms with Gasteiger partial charge in [-0.25, -0.2) is 0 Å². The Morgan fingerprint density at radius 1 is 0.446 bits per heavy atom. The Morgan fingerprint density at radius 3 is 1.88 bits per heavy atom. The summed E-state index contributed by atoms with van der Waals surface area (Å²) in [6.45, 7) is 4.58. The van der Waals surface area contributed by atoms with Gasteiger partial charge in [-0.3, -0.25) is 0 Å². The van der Waals surface area contributed by atoms with Gasteiger partial charge in [-0.05, 0) is 126 Å². The topological polar surface area (TPSA) is 17.0 Å². The molecule has 1 heterocycles. The standard InChI is InChI=1S/C63H44N2/c1-43(44-18-5-2-6-19-44)38-49(36-37-64-60-31-17-23-46-21-13-14-28-53(46)60)48-33-35-61-56(40-48)57-41-59-55(42-62(57)65(61)52-34-32-45-20-11-12-22-47(45)39-52)54-29-15-16-30-58(54)63(59,50-24-7-3-8-25-50)51-26-9-4-10-27-51/h2-42,64H,1H2/b37-36-,49-38+. The zero-order chi connectivity index (χ0) is 43.3. The van der Waals surface area contributed by atoms with E-state index in [1.54, 1.807) is 0 Å². The molecule has 306 valence electrons. The third-order valence-corrected chi connectivity index (χ3v) is 13.4. The van der Waals surface area contributed by atoms with Crippen molar-refractivity contribution in [3.8, 4) is 16.8 Å². The van der Waals surface area contributed by atoms with Crippen molar-refractivity contribution in [3.63, 3.8) is 0 Å². The quantitative estimate of drug-likeness (QED) is 0.143. The van der Waals surface area contributed by atoms with Crippen LogP contribution in [0.15, 0.2) is 255 Å². The maximum atomic E-state index is 4.58. The van der Waals surface area contributed by atoms with Gasteiger partial charge in [0.1, 0.15) is 0 Å². The van der Waals surface area contributed by atoms with Crippen LogP contribution in [0, 0.1) is 0 Å². The molecule has 65 heavy (non-hydrogen) atoms. The summed E-state index contributed by atoms with van der Waals surface area (Å²) >= 11 is 0. The number of fused-ring (bicyclic) bond motifs is 8. The lowest BCUT2D eigenvalue weighted by molar-refractivity contribution is 0.769. The zero-order valence-corrected chi connectivity index (χ0v) is 35.8. The fourth-order valence-electron chi connectivity index (χ4n) is 10.5.